The topological polar surface area (TPSA) is 26.7 Å². The molecular formula is C25H24Br2N2O. The van der Waals surface area contributed by atoms with Crippen molar-refractivity contribution < 1.29 is 5.11 Å². The lowest BCUT2D eigenvalue weighted by molar-refractivity contribution is 0.189. The number of allylic oxidation sites excluding steroid dienone is 4. The summed E-state index contributed by atoms with van der Waals surface area (Å²) in [4.78, 5) is 4.25. The van der Waals surface area contributed by atoms with E-state index in [0.717, 1.165) is 22.1 Å². The molecule has 1 N–H and O–H groups in total. The van der Waals surface area contributed by atoms with E-state index in [9.17, 15) is 5.11 Å². The predicted molar refractivity (Wildman–Crippen MR) is 134 cm³/mol. The molecule has 4 rings (SSSR count). The van der Waals surface area contributed by atoms with Gasteiger partial charge in [-0.2, -0.15) is 0 Å². The monoisotopic (exact) mass is 526 g/mol. The molecule has 2 atom stereocenters. The third-order valence-electron chi connectivity index (χ3n) is 5.65. The number of hydrogen-bond acceptors (Lipinski definition) is 3. The van der Waals surface area contributed by atoms with Gasteiger partial charge in [0.05, 0.1) is 19.2 Å². The number of para-hydroxylation sites is 1. The lowest BCUT2D eigenvalue weighted by Crippen LogP contribution is -2.38. The van der Waals surface area contributed by atoms with Crippen LogP contribution in [0.25, 0.3) is 6.08 Å². The highest BCUT2D eigenvalue weighted by molar-refractivity contribution is 9.11. The van der Waals surface area contributed by atoms with Crippen molar-refractivity contribution in [2.75, 3.05) is 22.9 Å². The zero-order valence-electron chi connectivity index (χ0n) is 16.6. The van der Waals surface area contributed by atoms with Gasteiger partial charge in [0, 0.05) is 27.5 Å². The highest BCUT2D eigenvalue weighted by atomic mass is 79.9. The van der Waals surface area contributed by atoms with Crippen LogP contribution in [0.15, 0.2) is 88.6 Å². The van der Waals surface area contributed by atoms with Crippen LogP contribution in [0, 0.1) is 0 Å². The molecule has 154 valence electrons. The minimum absolute atomic E-state index is 0.307. The number of nitrogens with zero attached hydrogens (tertiary/aromatic N) is 2. The van der Waals surface area contributed by atoms with Crippen molar-refractivity contribution in [3.8, 4) is 0 Å². The Hall–Kier alpha value is -2.08. The second-order valence-corrected chi connectivity index (χ2v) is 9.46. The van der Waals surface area contributed by atoms with Crippen molar-refractivity contribution >= 4 is 49.3 Å². The molecule has 2 unspecified atom stereocenters. The summed E-state index contributed by atoms with van der Waals surface area (Å²) in [5.74, 6) is 0.307. The van der Waals surface area contributed by atoms with Gasteiger partial charge in [0.15, 0.2) is 0 Å². The van der Waals surface area contributed by atoms with Crippen LogP contribution in [0.5, 0.6) is 0 Å². The molecule has 1 heterocycles. The normalized spacial score (nSPS) is 18.1. The van der Waals surface area contributed by atoms with Gasteiger partial charge < -0.3 is 14.9 Å². The third-order valence-corrected chi connectivity index (χ3v) is 6.73. The summed E-state index contributed by atoms with van der Waals surface area (Å²) in [6.45, 7) is 8.83. The van der Waals surface area contributed by atoms with Crippen LogP contribution in [0.3, 0.4) is 0 Å². The maximum absolute atomic E-state index is 11.0. The number of β-amino-alcohol motifs (C(OH)–C–C–N with tert-alkyl or cyclic N) is 1. The fourth-order valence-electron chi connectivity index (χ4n) is 4.29. The lowest BCUT2D eigenvalue weighted by atomic mass is 9.92. The van der Waals surface area contributed by atoms with E-state index in [1.807, 2.05) is 35.2 Å². The van der Waals surface area contributed by atoms with Crippen LogP contribution in [0.1, 0.15) is 23.5 Å². The van der Waals surface area contributed by atoms with E-state index in [2.05, 4.69) is 80.3 Å². The standard InChI is InChI=1S/C25H24Br2N2O/c1-3-17-7-5-6-8-23(17)28(4-2)15-20(30)16-29-24-11-9-18(26)13-21(24)22-14-19(27)10-12-25(22)29/h3-13,20,22,30H,1-2,14-16H2. The number of fused-ring (bicyclic) bond motifs is 3. The molecule has 5 heteroatoms. The maximum Gasteiger partial charge on any atom is 0.0897 e. The number of hydrogen-bond donors (Lipinski definition) is 1. The molecule has 0 aromatic heterocycles. The molecule has 0 bridgehead atoms. The fourth-order valence-corrected chi connectivity index (χ4v) is 5.12. The van der Waals surface area contributed by atoms with E-state index in [4.69, 9.17) is 0 Å². The number of aliphatic hydroxyl groups excluding tert-OH is 1. The summed E-state index contributed by atoms with van der Waals surface area (Å²) < 4.78 is 2.27. The average Bonchev–Trinajstić information content (AvgIpc) is 3.04. The molecule has 0 radical (unpaired) electrons. The van der Waals surface area contributed by atoms with Gasteiger partial charge in [-0.15, -0.1) is 0 Å². The van der Waals surface area contributed by atoms with Crippen molar-refractivity contribution in [2.24, 2.45) is 0 Å². The Morgan fingerprint density at radius 3 is 2.73 bits per heavy atom. The first-order valence-electron chi connectivity index (χ1n) is 9.93. The second-order valence-electron chi connectivity index (χ2n) is 7.53. The zero-order valence-corrected chi connectivity index (χ0v) is 19.8. The van der Waals surface area contributed by atoms with Crippen LogP contribution in [-0.4, -0.2) is 24.3 Å². The number of benzene rings is 2. The summed E-state index contributed by atoms with van der Waals surface area (Å²) in [7, 11) is 0. The largest absolute Gasteiger partial charge is 0.389 e. The second kappa shape index (κ2) is 8.96. The lowest BCUT2D eigenvalue weighted by Gasteiger charge is -2.30. The van der Waals surface area contributed by atoms with Gasteiger partial charge in [0.25, 0.3) is 0 Å². The number of aliphatic hydroxyl groups is 1. The summed E-state index contributed by atoms with van der Waals surface area (Å²) >= 11 is 7.27. The highest BCUT2D eigenvalue weighted by Crippen LogP contribution is 2.49. The van der Waals surface area contributed by atoms with Gasteiger partial charge in [0.2, 0.25) is 0 Å². The summed E-state index contributed by atoms with van der Waals surface area (Å²) in [6, 6.07) is 14.4. The van der Waals surface area contributed by atoms with Gasteiger partial charge in [0.1, 0.15) is 0 Å². The highest BCUT2D eigenvalue weighted by Gasteiger charge is 2.36. The van der Waals surface area contributed by atoms with Crippen LogP contribution >= 0.6 is 31.9 Å². The Balaban J connectivity index is 1.58. The third kappa shape index (κ3) is 4.07. The molecule has 0 fully saturated rings. The van der Waals surface area contributed by atoms with Crippen LogP contribution in [0.2, 0.25) is 0 Å². The molecule has 30 heavy (non-hydrogen) atoms. The van der Waals surface area contributed by atoms with E-state index in [1.165, 1.54) is 21.4 Å². The number of halogens is 2. The summed E-state index contributed by atoms with van der Waals surface area (Å²) in [6.07, 6.45) is 8.25. The van der Waals surface area contributed by atoms with Crippen LogP contribution in [-0.2, 0) is 0 Å². The fraction of sp³-hybridized carbons (Fsp3) is 0.200. The van der Waals surface area contributed by atoms with Crippen molar-refractivity contribution in [1.29, 1.82) is 0 Å². The number of anilines is 2. The van der Waals surface area contributed by atoms with Crippen molar-refractivity contribution in [3.05, 3.63) is 99.8 Å². The van der Waals surface area contributed by atoms with Crippen LogP contribution in [0.4, 0.5) is 11.4 Å². The average molecular weight is 528 g/mol. The van der Waals surface area contributed by atoms with Crippen molar-refractivity contribution in [3.63, 3.8) is 0 Å². The molecule has 0 spiro atoms. The SMILES string of the molecule is C=Cc1ccccc1N(C=C)CC(O)CN1C2=CC=C(Br)CC2c2cc(Br)ccc21. The molecule has 2 aromatic rings. The molecule has 0 saturated heterocycles. The Morgan fingerprint density at radius 2 is 1.97 bits per heavy atom. The predicted octanol–water partition coefficient (Wildman–Crippen LogP) is 6.57. The van der Waals surface area contributed by atoms with E-state index in [-0.39, 0.29) is 0 Å². The first-order valence-corrected chi connectivity index (χ1v) is 11.5. The Labute approximate surface area is 195 Å². The van der Waals surface area contributed by atoms with E-state index in [1.54, 1.807) is 6.20 Å². The molecular weight excluding hydrogens is 504 g/mol. The Morgan fingerprint density at radius 1 is 1.17 bits per heavy atom. The molecule has 1 aliphatic carbocycles. The summed E-state index contributed by atoms with van der Waals surface area (Å²) in [5, 5.41) is 11.0. The van der Waals surface area contributed by atoms with Gasteiger partial charge in [-0.1, -0.05) is 75.4 Å². The zero-order chi connectivity index (χ0) is 21.3. The molecule has 2 aromatic carbocycles. The Bertz CT molecular complexity index is 1040. The molecule has 2 aliphatic rings. The molecule has 0 saturated carbocycles. The minimum atomic E-state index is -0.564. The molecule has 1 aliphatic heterocycles. The molecule has 3 nitrogen and oxygen atoms in total. The van der Waals surface area contributed by atoms with Crippen molar-refractivity contribution in [1.82, 2.24) is 0 Å². The minimum Gasteiger partial charge on any atom is -0.389 e. The van der Waals surface area contributed by atoms with Gasteiger partial charge in [-0.05, 0) is 58.6 Å². The van der Waals surface area contributed by atoms with E-state index < -0.39 is 6.10 Å². The maximum atomic E-state index is 11.0. The smallest absolute Gasteiger partial charge is 0.0897 e. The first-order chi connectivity index (χ1) is 14.5. The van der Waals surface area contributed by atoms with Gasteiger partial charge in [-0.3, -0.25) is 0 Å². The van der Waals surface area contributed by atoms with E-state index >= 15 is 0 Å². The van der Waals surface area contributed by atoms with E-state index in [0.29, 0.717) is 19.0 Å². The quantitative estimate of drug-likeness (QED) is 0.441. The Kier molecular flexibility index (Phi) is 6.32. The summed E-state index contributed by atoms with van der Waals surface area (Å²) in [5.41, 5.74) is 5.72. The number of rotatable bonds is 7. The molecule has 0 amide bonds. The van der Waals surface area contributed by atoms with Crippen molar-refractivity contribution in [2.45, 2.75) is 18.4 Å². The van der Waals surface area contributed by atoms with Gasteiger partial charge >= 0.3 is 0 Å². The van der Waals surface area contributed by atoms with Crippen LogP contribution < -0.4 is 9.80 Å². The van der Waals surface area contributed by atoms with Gasteiger partial charge in [-0.25, -0.2) is 0 Å². The first kappa shape index (κ1) is 21.2.